The summed E-state index contributed by atoms with van der Waals surface area (Å²) in [5, 5.41) is 0. The van der Waals surface area contributed by atoms with Crippen LogP contribution in [-0.2, 0) is 0 Å². The van der Waals surface area contributed by atoms with Crippen LogP contribution in [0.2, 0.25) is 0 Å². The van der Waals surface area contributed by atoms with Gasteiger partial charge in [-0.1, -0.05) is 13.8 Å². The van der Waals surface area contributed by atoms with E-state index in [-0.39, 0.29) is 0 Å². The smallest absolute Gasteiger partial charge is 0.00954 e. The Kier molecular flexibility index (Phi) is 5.56. The molecule has 0 radical (unpaired) electrons. The molecule has 0 amide bonds. The molecule has 0 saturated heterocycles. The maximum Gasteiger partial charge on any atom is 0.00954 e. The summed E-state index contributed by atoms with van der Waals surface area (Å²) in [4.78, 5) is 2.61. The molecule has 0 aliphatic heterocycles. The standard InChI is InChI=1S/C11H25N/c1-7-11(8-2)12(9(3)4)10(5)6/h9-11H,7-8H2,1-6H3. The molecule has 0 aliphatic rings. The first-order chi connectivity index (χ1) is 5.54. The largest absolute Gasteiger partial charge is 0.296 e. The highest BCUT2D eigenvalue weighted by Crippen LogP contribution is 2.15. The number of nitrogens with zero attached hydrogens (tertiary/aromatic N) is 1. The highest BCUT2D eigenvalue weighted by molar-refractivity contribution is 4.75. The van der Waals surface area contributed by atoms with Crippen molar-refractivity contribution in [1.82, 2.24) is 4.90 Å². The molecule has 1 nitrogen and oxygen atoms in total. The monoisotopic (exact) mass is 171 g/mol. The molecule has 0 aromatic rings. The van der Waals surface area contributed by atoms with E-state index in [2.05, 4.69) is 46.4 Å². The van der Waals surface area contributed by atoms with Gasteiger partial charge in [-0.3, -0.25) is 4.90 Å². The van der Waals surface area contributed by atoms with E-state index in [1.165, 1.54) is 12.8 Å². The van der Waals surface area contributed by atoms with Gasteiger partial charge in [-0.15, -0.1) is 0 Å². The molecule has 0 aromatic carbocycles. The van der Waals surface area contributed by atoms with Crippen LogP contribution in [0.1, 0.15) is 54.4 Å². The van der Waals surface area contributed by atoms with Crippen LogP contribution in [0, 0.1) is 0 Å². The van der Waals surface area contributed by atoms with Gasteiger partial charge in [-0.2, -0.15) is 0 Å². The molecule has 0 heterocycles. The van der Waals surface area contributed by atoms with Crippen molar-refractivity contribution in [1.29, 1.82) is 0 Å². The molecule has 0 atom stereocenters. The fourth-order valence-electron chi connectivity index (χ4n) is 2.15. The van der Waals surface area contributed by atoms with Gasteiger partial charge in [0.25, 0.3) is 0 Å². The lowest BCUT2D eigenvalue weighted by Crippen LogP contribution is -2.44. The van der Waals surface area contributed by atoms with Crippen molar-refractivity contribution in [2.24, 2.45) is 0 Å². The van der Waals surface area contributed by atoms with Crippen LogP contribution in [0.3, 0.4) is 0 Å². The first-order valence-electron chi connectivity index (χ1n) is 5.31. The minimum absolute atomic E-state index is 0.676. The summed E-state index contributed by atoms with van der Waals surface area (Å²) in [5.74, 6) is 0. The Bertz CT molecular complexity index is 95.6. The Morgan fingerprint density at radius 2 is 1.17 bits per heavy atom. The van der Waals surface area contributed by atoms with Gasteiger partial charge in [-0.05, 0) is 40.5 Å². The fraction of sp³-hybridized carbons (Fsp3) is 1.00. The Morgan fingerprint density at radius 3 is 1.25 bits per heavy atom. The fourth-order valence-corrected chi connectivity index (χ4v) is 2.15. The zero-order valence-corrected chi connectivity index (χ0v) is 9.59. The quantitative estimate of drug-likeness (QED) is 0.613. The summed E-state index contributed by atoms with van der Waals surface area (Å²) >= 11 is 0. The second kappa shape index (κ2) is 5.58. The number of hydrogen-bond acceptors (Lipinski definition) is 1. The molecule has 0 bridgehead atoms. The molecule has 0 aliphatic carbocycles. The van der Waals surface area contributed by atoms with Crippen LogP contribution in [-0.4, -0.2) is 23.0 Å². The molecule has 74 valence electrons. The van der Waals surface area contributed by atoms with E-state index in [1.807, 2.05) is 0 Å². The first-order valence-corrected chi connectivity index (χ1v) is 5.31. The molecule has 0 fully saturated rings. The lowest BCUT2D eigenvalue weighted by molar-refractivity contribution is 0.106. The van der Waals surface area contributed by atoms with Crippen LogP contribution >= 0.6 is 0 Å². The van der Waals surface area contributed by atoms with Gasteiger partial charge in [0, 0.05) is 18.1 Å². The zero-order chi connectivity index (χ0) is 9.72. The van der Waals surface area contributed by atoms with Crippen molar-refractivity contribution in [2.45, 2.75) is 72.5 Å². The van der Waals surface area contributed by atoms with Gasteiger partial charge in [0.05, 0.1) is 0 Å². The molecule has 0 unspecified atom stereocenters. The minimum Gasteiger partial charge on any atom is -0.296 e. The Morgan fingerprint density at radius 1 is 0.833 bits per heavy atom. The van der Waals surface area contributed by atoms with Gasteiger partial charge < -0.3 is 0 Å². The molecule has 12 heavy (non-hydrogen) atoms. The van der Waals surface area contributed by atoms with Crippen LogP contribution in [0.5, 0.6) is 0 Å². The van der Waals surface area contributed by atoms with Crippen molar-refractivity contribution in [3.63, 3.8) is 0 Å². The average Bonchev–Trinajstić information content (AvgIpc) is 1.98. The summed E-state index contributed by atoms with van der Waals surface area (Å²) in [6.45, 7) is 13.7. The van der Waals surface area contributed by atoms with Crippen LogP contribution < -0.4 is 0 Å². The second-order valence-electron chi connectivity index (χ2n) is 4.11. The van der Waals surface area contributed by atoms with Gasteiger partial charge >= 0.3 is 0 Å². The van der Waals surface area contributed by atoms with E-state index in [0.717, 1.165) is 6.04 Å². The van der Waals surface area contributed by atoms with Crippen molar-refractivity contribution in [3.8, 4) is 0 Å². The summed E-state index contributed by atoms with van der Waals surface area (Å²) < 4.78 is 0. The van der Waals surface area contributed by atoms with Crippen molar-refractivity contribution >= 4 is 0 Å². The molecule has 1 heteroatoms. The molecule has 0 aromatic heterocycles. The van der Waals surface area contributed by atoms with E-state index >= 15 is 0 Å². The molecule has 0 spiro atoms. The van der Waals surface area contributed by atoms with E-state index in [4.69, 9.17) is 0 Å². The maximum absolute atomic E-state index is 2.61. The van der Waals surface area contributed by atoms with E-state index in [0.29, 0.717) is 12.1 Å². The normalized spacial score (nSPS) is 12.5. The van der Waals surface area contributed by atoms with Gasteiger partial charge in [0.1, 0.15) is 0 Å². The summed E-state index contributed by atoms with van der Waals surface area (Å²) in [5.41, 5.74) is 0. The molecule has 0 saturated carbocycles. The predicted molar refractivity (Wildman–Crippen MR) is 56.5 cm³/mol. The van der Waals surface area contributed by atoms with E-state index in [1.54, 1.807) is 0 Å². The van der Waals surface area contributed by atoms with Crippen LogP contribution in [0.25, 0.3) is 0 Å². The Labute approximate surface area is 78.1 Å². The summed E-state index contributed by atoms with van der Waals surface area (Å²) in [6.07, 6.45) is 2.54. The number of hydrogen-bond donors (Lipinski definition) is 0. The highest BCUT2D eigenvalue weighted by atomic mass is 15.2. The first kappa shape index (κ1) is 12.0. The second-order valence-corrected chi connectivity index (χ2v) is 4.11. The number of rotatable bonds is 5. The summed E-state index contributed by atoms with van der Waals surface area (Å²) in [7, 11) is 0. The predicted octanol–water partition coefficient (Wildman–Crippen LogP) is 3.29. The topological polar surface area (TPSA) is 3.24 Å². The van der Waals surface area contributed by atoms with Crippen molar-refractivity contribution in [2.75, 3.05) is 0 Å². The Hall–Kier alpha value is -0.0400. The van der Waals surface area contributed by atoms with Gasteiger partial charge in [0.2, 0.25) is 0 Å². The third kappa shape index (κ3) is 3.14. The van der Waals surface area contributed by atoms with Gasteiger partial charge in [-0.25, -0.2) is 0 Å². The molecule has 0 rings (SSSR count). The van der Waals surface area contributed by atoms with Crippen molar-refractivity contribution < 1.29 is 0 Å². The average molecular weight is 171 g/mol. The molecular formula is C11H25N. The summed E-state index contributed by atoms with van der Waals surface area (Å²) in [6, 6.07) is 2.12. The lowest BCUT2D eigenvalue weighted by Gasteiger charge is -2.37. The SMILES string of the molecule is CCC(CC)N(C(C)C)C(C)C. The molecule has 0 N–H and O–H groups in total. The third-order valence-corrected chi connectivity index (χ3v) is 2.56. The van der Waals surface area contributed by atoms with Crippen LogP contribution in [0.4, 0.5) is 0 Å². The minimum atomic E-state index is 0.676. The maximum atomic E-state index is 2.61. The van der Waals surface area contributed by atoms with E-state index in [9.17, 15) is 0 Å². The highest BCUT2D eigenvalue weighted by Gasteiger charge is 2.20. The Balaban J connectivity index is 4.26. The van der Waals surface area contributed by atoms with Crippen molar-refractivity contribution in [3.05, 3.63) is 0 Å². The lowest BCUT2D eigenvalue weighted by atomic mass is 10.1. The van der Waals surface area contributed by atoms with Crippen LogP contribution in [0.15, 0.2) is 0 Å². The third-order valence-electron chi connectivity index (χ3n) is 2.56. The zero-order valence-electron chi connectivity index (χ0n) is 9.59. The van der Waals surface area contributed by atoms with Gasteiger partial charge in [0.15, 0.2) is 0 Å². The van der Waals surface area contributed by atoms with E-state index < -0.39 is 0 Å². The molecular weight excluding hydrogens is 146 g/mol.